The molecule has 0 radical (unpaired) electrons. The van der Waals surface area contributed by atoms with Crippen LogP contribution in [-0.4, -0.2) is 11.2 Å². The second-order valence-electron chi connectivity index (χ2n) is 21.1. The van der Waals surface area contributed by atoms with Gasteiger partial charge < -0.3 is 5.11 Å². The molecule has 0 aliphatic carbocycles. The van der Waals surface area contributed by atoms with Crippen LogP contribution < -0.4 is 0 Å². The average Bonchev–Trinajstić information content (AvgIpc) is 3.27. The van der Waals surface area contributed by atoms with Crippen molar-refractivity contribution in [3.63, 3.8) is 0 Å². The summed E-state index contributed by atoms with van der Waals surface area (Å²) in [6, 6.07) is 0. The lowest BCUT2D eigenvalue weighted by atomic mass is 9.89. The fourth-order valence-corrected chi connectivity index (χ4v) is 10.3. The second-order valence-corrected chi connectivity index (χ2v) is 21.1. The third kappa shape index (κ3) is 54.2. The highest BCUT2D eigenvalue weighted by atomic mass is 16.3. The molecule has 0 fully saturated rings. The van der Waals surface area contributed by atoms with Crippen molar-refractivity contribution in [3.8, 4) is 0 Å². The van der Waals surface area contributed by atoms with Gasteiger partial charge in [-0.1, -0.05) is 361 Å². The van der Waals surface area contributed by atoms with Gasteiger partial charge in [0.15, 0.2) is 0 Å². The molecular weight excluding hydrogens is 737 g/mol. The Hall–Kier alpha value is -0.0400. The number of hydrogen-bond acceptors (Lipinski definition) is 1. The predicted molar refractivity (Wildman–Crippen MR) is 280 cm³/mol. The minimum absolute atomic E-state index is 0.0502. The molecule has 0 heterocycles. The van der Waals surface area contributed by atoms with E-state index in [-0.39, 0.29) is 6.10 Å². The lowest BCUT2D eigenvalue weighted by Gasteiger charge is -2.18. The Labute approximate surface area is 389 Å². The Kier molecular flexibility index (Phi) is 56.1. The van der Waals surface area contributed by atoms with Gasteiger partial charge in [-0.2, -0.15) is 0 Å². The normalized spacial score (nSPS) is 12.3. The smallest absolute Gasteiger partial charge is 0.0540 e. The van der Waals surface area contributed by atoms with Crippen molar-refractivity contribution < 1.29 is 5.11 Å². The van der Waals surface area contributed by atoms with Gasteiger partial charge in [-0.05, 0) is 18.8 Å². The Morgan fingerprint density at radius 2 is 0.311 bits per heavy atom. The van der Waals surface area contributed by atoms with Gasteiger partial charge in [0.1, 0.15) is 0 Å². The van der Waals surface area contributed by atoms with Gasteiger partial charge in [-0.15, -0.1) is 0 Å². The molecule has 1 unspecified atom stereocenters. The molecule has 1 N–H and O–H groups in total. The summed E-state index contributed by atoms with van der Waals surface area (Å²) in [6.45, 7) is 6.94. The largest absolute Gasteiger partial charge is 0.393 e. The molecule has 0 amide bonds. The highest BCUT2D eigenvalue weighted by Gasteiger charge is 2.11. The van der Waals surface area contributed by atoms with Crippen molar-refractivity contribution in [3.05, 3.63) is 0 Å². The summed E-state index contributed by atoms with van der Waals surface area (Å²) in [5.74, 6) is 0.941. The highest BCUT2D eigenvalue weighted by molar-refractivity contribution is 4.64. The van der Waals surface area contributed by atoms with Gasteiger partial charge in [-0.25, -0.2) is 0 Å². The molecule has 0 aromatic heterocycles. The van der Waals surface area contributed by atoms with Crippen molar-refractivity contribution in [2.45, 2.75) is 380 Å². The molecule has 368 valence electrons. The van der Waals surface area contributed by atoms with Gasteiger partial charge in [0.05, 0.1) is 6.10 Å². The zero-order chi connectivity index (χ0) is 44.0. The van der Waals surface area contributed by atoms with Crippen LogP contribution in [0.5, 0.6) is 0 Å². The Morgan fingerprint density at radius 3 is 0.508 bits per heavy atom. The molecule has 0 saturated heterocycles. The first-order chi connectivity index (χ1) is 30.2. The van der Waals surface area contributed by atoms with Crippen LogP contribution in [0.1, 0.15) is 374 Å². The van der Waals surface area contributed by atoms with Crippen LogP contribution in [0, 0.1) is 5.92 Å². The summed E-state index contributed by atoms with van der Waals surface area (Å²) < 4.78 is 0. The summed E-state index contributed by atoms with van der Waals surface area (Å²) in [5.41, 5.74) is 0. The zero-order valence-electron chi connectivity index (χ0n) is 43.5. The third-order valence-corrected chi connectivity index (χ3v) is 14.7. The quantitative estimate of drug-likeness (QED) is 0.0604. The van der Waals surface area contributed by atoms with Gasteiger partial charge in [0, 0.05) is 0 Å². The molecule has 0 saturated carbocycles. The Morgan fingerprint density at radius 1 is 0.180 bits per heavy atom. The number of aliphatic hydroxyl groups is 1. The van der Waals surface area contributed by atoms with E-state index in [0.29, 0.717) is 0 Å². The van der Waals surface area contributed by atoms with Gasteiger partial charge >= 0.3 is 0 Å². The van der Waals surface area contributed by atoms with Gasteiger partial charge in [-0.3, -0.25) is 0 Å². The van der Waals surface area contributed by atoms with Crippen molar-refractivity contribution in [1.82, 2.24) is 0 Å². The van der Waals surface area contributed by atoms with E-state index < -0.39 is 0 Å². The first kappa shape index (κ1) is 61.0. The maximum absolute atomic E-state index is 10.7. The molecule has 0 aliphatic heterocycles. The minimum atomic E-state index is -0.0502. The molecule has 0 spiro atoms. The van der Waals surface area contributed by atoms with E-state index in [1.807, 2.05) is 0 Å². The average molecular weight is 860 g/mol. The van der Waals surface area contributed by atoms with E-state index in [0.717, 1.165) is 18.8 Å². The van der Waals surface area contributed by atoms with E-state index in [9.17, 15) is 5.11 Å². The SMILES string of the molecule is CCCCCCCCCCCCCCCCCCC(O)CCCCC(CCCCCCCCCCCCCCCCCC)CCCCCCCCCCCCCCCCCC. The summed E-state index contributed by atoms with van der Waals surface area (Å²) in [5, 5.41) is 10.7. The molecule has 0 rings (SSSR count). The molecular formula is C60H122O. The third-order valence-electron chi connectivity index (χ3n) is 14.7. The first-order valence-corrected chi connectivity index (χ1v) is 29.9. The zero-order valence-corrected chi connectivity index (χ0v) is 43.5. The van der Waals surface area contributed by atoms with E-state index in [1.54, 1.807) is 0 Å². The van der Waals surface area contributed by atoms with E-state index in [4.69, 9.17) is 0 Å². The molecule has 0 aliphatic rings. The maximum Gasteiger partial charge on any atom is 0.0540 e. The van der Waals surface area contributed by atoms with Crippen LogP contribution in [0.3, 0.4) is 0 Å². The number of hydrogen-bond donors (Lipinski definition) is 1. The van der Waals surface area contributed by atoms with E-state index >= 15 is 0 Å². The summed E-state index contributed by atoms with van der Waals surface area (Å²) in [7, 11) is 0. The molecule has 1 heteroatoms. The topological polar surface area (TPSA) is 20.2 Å². The summed E-state index contributed by atoms with van der Waals surface area (Å²) in [4.78, 5) is 0. The highest BCUT2D eigenvalue weighted by Crippen LogP contribution is 2.26. The predicted octanol–water partition coefficient (Wildman–Crippen LogP) is 22.5. The van der Waals surface area contributed by atoms with Crippen LogP contribution in [-0.2, 0) is 0 Å². The van der Waals surface area contributed by atoms with Gasteiger partial charge in [0.2, 0.25) is 0 Å². The summed E-state index contributed by atoms with van der Waals surface area (Å²) in [6.07, 6.45) is 78.5. The van der Waals surface area contributed by atoms with Crippen LogP contribution in [0.15, 0.2) is 0 Å². The fourth-order valence-electron chi connectivity index (χ4n) is 10.3. The van der Waals surface area contributed by atoms with E-state index in [1.165, 1.54) is 340 Å². The van der Waals surface area contributed by atoms with Crippen LogP contribution in [0.4, 0.5) is 0 Å². The molecule has 61 heavy (non-hydrogen) atoms. The monoisotopic (exact) mass is 859 g/mol. The molecule has 0 aromatic carbocycles. The first-order valence-electron chi connectivity index (χ1n) is 29.9. The van der Waals surface area contributed by atoms with Gasteiger partial charge in [0.25, 0.3) is 0 Å². The maximum atomic E-state index is 10.7. The molecule has 0 aromatic rings. The summed E-state index contributed by atoms with van der Waals surface area (Å²) >= 11 is 0. The van der Waals surface area contributed by atoms with Crippen LogP contribution in [0.25, 0.3) is 0 Å². The molecule has 1 nitrogen and oxygen atoms in total. The molecule has 0 bridgehead atoms. The standard InChI is InChI=1S/C60H122O/c1-4-7-10-13-16-19-22-25-28-31-34-37-40-43-46-49-54-59(55-50-47-44-41-38-35-32-29-26-23-20-17-14-11-8-5-2)56-52-53-58-60(61)57-51-48-45-42-39-36-33-30-27-24-21-18-15-12-9-6-3/h59-61H,4-58H2,1-3H3. The number of aliphatic hydroxyl groups excluding tert-OH is 1. The minimum Gasteiger partial charge on any atom is -0.393 e. The molecule has 1 atom stereocenters. The van der Waals surface area contributed by atoms with Crippen molar-refractivity contribution in [2.75, 3.05) is 0 Å². The number of rotatable bonds is 56. The fraction of sp³-hybridized carbons (Fsp3) is 1.00. The second kappa shape index (κ2) is 56.1. The Bertz CT molecular complexity index is 695. The van der Waals surface area contributed by atoms with Crippen molar-refractivity contribution >= 4 is 0 Å². The Balaban J connectivity index is 4.03. The van der Waals surface area contributed by atoms with Crippen LogP contribution in [0.2, 0.25) is 0 Å². The van der Waals surface area contributed by atoms with Crippen LogP contribution >= 0.6 is 0 Å². The lowest BCUT2D eigenvalue weighted by molar-refractivity contribution is 0.146. The van der Waals surface area contributed by atoms with E-state index in [2.05, 4.69) is 20.8 Å². The van der Waals surface area contributed by atoms with Crippen molar-refractivity contribution in [2.24, 2.45) is 5.92 Å². The number of unbranched alkanes of at least 4 members (excludes halogenated alkanes) is 46. The lowest BCUT2D eigenvalue weighted by Crippen LogP contribution is -2.07. The van der Waals surface area contributed by atoms with Crippen molar-refractivity contribution in [1.29, 1.82) is 0 Å².